The molecule has 0 aliphatic heterocycles. The number of hydrogen-bond acceptors (Lipinski definition) is 2. The van der Waals surface area contributed by atoms with Crippen molar-refractivity contribution in [1.82, 2.24) is 5.01 Å². The molecule has 0 aromatic rings. The first-order valence-electron chi connectivity index (χ1n) is 3.49. The van der Waals surface area contributed by atoms with Crippen LogP contribution in [0.4, 0.5) is 0 Å². The molecule has 0 radical (unpaired) electrons. The molecule has 0 atom stereocenters. The van der Waals surface area contributed by atoms with Crippen LogP contribution < -0.4 is 0 Å². The number of allylic oxidation sites excluding steroid dienone is 1. The van der Waals surface area contributed by atoms with E-state index in [0.717, 1.165) is 18.6 Å². The molecule has 0 bridgehead atoms. The molecule has 0 spiro atoms. The Morgan fingerprint density at radius 3 is 2.60 bits per heavy atom. The zero-order valence-electron chi connectivity index (χ0n) is 7.09. The maximum atomic E-state index is 4.22. The summed E-state index contributed by atoms with van der Waals surface area (Å²) in [5.41, 5.74) is 1.16. The molecular weight excluding hydrogens is 124 g/mol. The summed E-state index contributed by atoms with van der Waals surface area (Å²) in [6.45, 7) is 5.67. The normalized spacial score (nSPS) is 11.3. The van der Waals surface area contributed by atoms with Crippen LogP contribution >= 0.6 is 0 Å². The molecule has 0 unspecified atom stereocenters. The van der Waals surface area contributed by atoms with Crippen LogP contribution in [-0.2, 0) is 0 Å². The molecule has 2 nitrogen and oxygen atoms in total. The van der Waals surface area contributed by atoms with Crippen molar-refractivity contribution in [3.05, 3.63) is 12.7 Å². The predicted octanol–water partition coefficient (Wildman–Crippen LogP) is 1.89. The van der Waals surface area contributed by atoms with Gasteiger partial charge in [0.15, 0.2) is 0 Å². The lowest BCUT2D eigenvalue weighted by Crippen LogP contribution is -2.05. The Kier molecular flexibility index (Phi) is 4.63. The second-order valence-electron chi connectivity index (χ2n) is 2.51. The number of nitrogens with zero attached hydrogens (tertiary/aromatic N) is 2. The van der Waals surface area contributed by atoms with E-state index in [9.17, 15) is 0 Å². The van der Waals surface area contributed by atoms with Gasteiger partial charge in [-0.3, -0.25) is 0 Å². The Balaban J connectivity index is 3.59. The maximum Gasteiger partial charge on any atom is 0.0352 e. The van der Waals surface area contributed by atoms with Crippen molar-refractivity contribution in [3.8, 4) is 0 Å². The molecular formula is C8H16N2. The van der Waals surface area contributed by atoms with Crippen LogP contribution in [0.5, 0.6) is 0 Å². The first-order valence-corrected chi connectivity index (χ1v) is 3.49. The molecule has 0 saturated heterocycles. The summed E-state index contributed by atoms with van der Waals surface area (Å²) < 4.78 is 0. The number of rotatable bonds is 4. The SMILES string of the molecule is C=CCC/C(C)=N\N(C)C. The van der Waals surface area contributed by atoms with Crippen LogP contribution in [0.25, 0.3) is 0 Å². The first-order chi connectivity index (χ1) is 4.66. The molecule has 2 heteroatoms. The highest BCUT2D eigenvalue weighted by Gasteiger charge is 1.88. The molecule has 0 N–H and O–H groups in total. The van der Waals surface area contributed by atoms with Gasteiger partial charge >= 0.3 is 0 Å². The van der Waals surface area contributed by atoms with Gasteiger partial charge in [0.05, 0.1) is 0 Å². The van der Waals surface area contributed by atoms with Gasteiger partial charge in [0.25, 0.3) is 0 Å². The smallest absolute Gasteiger partial charge is 0.0352 e. The van der Waals surface area contributed by atoms with Crippen LogP contribution in [0.15, 0.2) is 17.8 Å². The van der Waals surface area contributed by atoms with E-state index in [0.29, 0.717) is 0 Å². The van der Waals surface area contributed by atoms with Gasteiger partial charge in [-0.05, 0) is 19.8 Å². The monoisotopic (exact) mass is 140 g/mol. The summed E-state index contributed by atoms with van der Waals surface area (Å²) in [6, 6.07) is 0. The molecule has 0 aromatic carbocycles. The minimum Gasteiger partial charge on any atom is -0.303 e. The molecule has 10 heavy (non-hydrogen) atoms. The summed E-state index contributed by atoms with van der Waals surface area (Å²) in [7, 11) is 3.86. The third kappa shape index (κ3) is 5.35. The molecule has 0 heterocycles. The van der Waals surface area contributed by atoms with Crippen molar-refractivity contribution in [2.75, 3.05) is 14.1 Å². The molecule has 0 fully saturated rings. The first kappa shape index (κ1) is 9.21. The highest BCUT2D eigenvalue weighted by atomic mass is 15.4. The van der Waals surface area contributed by atoms with Crippen molar-refractivity contribution in [2.24, 2.45) is 5.10 Å². The lowest BCUT2D eigenvalue weighted by atomic mass is 10.2. The average molecular weight is 140 g/mol. The van der Waals surface area contributed by atoms with Gasteiger partial charge in [-0.1, -0.05) is 6.08 Å². The van der Waals surface area contributed by atoms with E-state index in [1.165, 1.54) is 0 Å². The minimum atomic E-state index is 1.02. The zero-order chi connectivity index (χ0) is 7.98. The molecule has 0 aliphatic carbocycles. The Morgan fingerprint density at radius 2 is 2.20 bits per heavy atom. The Labute approximate surface area is 63.2 Å². The summed E-state index contributed by atoms with van der Waals surface area (Å²) in [6.07, 6.45) is 3.94. The van der Waals surface area contributed by atoms with Gasteiger partial charge < -0.3 is 5.01 Å². The van der Waals surface area contributed by atoms with Gasteiger partial charge in [-0.25, -0.2) is 0 Å². The lowest BCUT2D eigenvalue weighted by Gasteiger charge is -2.05. The predicted molar refractivity (Wildman–Crippen MR) is 46.2 cm³/mol. The summed E-state index contributed by atoms with van der Waals surface area (Å²) in [5, 5.41) is 6.03. The van der Waals surface area contributed by atoms with E-state index in [2.05, 4.69) is 11.7 Å². The highest BCUT2D eigenvalue weighted by molar-refractivity contribution is 5.81. The van der Waals surface area contributed by atoms with Gasteiger partial charge in [0, 0.05) is 19.8 Å². The number of hydrogen-bond donors (Lipinski definition) is 0. The Hall–Kier alpha value is -0.790. The lowest BCUT2D eigenvalue weighted by molar-refractivity contribution is 0.436. The van der Waals surface area contributed by atoms with Gasteiger partial charge in [-0.15, -0.1) is 6.58 Å². The van der Waals surface area contributed by atoms with Crippen molar-refractivity contribution in [1.29, 1.82) is 0 Å². The van der Waals surface area contributed by atoms with Crippen molar-refractivity contribution in [3.63, 3.8) is 0 Å². The molecule has 0 rings (SSSR count). The molecule has 0 saturated carbocycles. The fourth-order valence-electron chi connectivity index (χ4n) is 0.702. The van der Waals surface area contributed by atoms with E-state index in [-0.39, 0.29) is 0 Å². The van der Waals surface area contributed by atoms with Crippen LogP contribution in [-0.4, -0.2) is 24.8 Å². The third-order valence-electron chi connectivity index (χ3n) is 1.08. The maximum absolute atomic E-state index is 4.22. The average Bonchev–Trinajstić information content (AvgIpc) is 1.82. The van der Waals surface area contributed by atoms with Gasteiger partial charge in [0.2, 0.25) is 0 Å². The standard InChI is InChI=1S/C8H16N2/c1-5-6-7-8(2)9-10(3)4/h5H,1,6-7H2,2-4H3/b9-8-. The van der Waals surface area contributed by atoms with Crippen LogP contribution in [0.2, 0.25) is 0 Å². The zero-order valence-corrected chi connectivity index (χ0v) is 7.09. The third-order valence-corrected chi connectivity index (χ3v) is 1.08. The minimum absolute atomic E-state index is 1.02. The summed E-state index contributed by atoms with van der Waals surface area (Å²) >= 11 is 0. The van der Waals surface area contributed by atoms with Crippen molar-refractivity contribution in [2.45, 2.75) is 19.8 Å². The van der Waals surface area contributed by atoms with E-state index in [4.69, 9.17) is 0 Å². The van der Waals surface area contributed by atoms with Crippen molar-refractivity contribution >= 4 is 5.71 Å². The van der Waals surface area contributed by atoms with Gasteiger partial charge in [-0.2, -0.15) is 5.10 Å². The fourth-order valence-corrected chi connectivity index (χ4v) is 0.702. The summed E-state index contributed by atoms with van der Waals surface area (Å²) in [4.78, 5) is 0. The van der Waals surface area contributed by atoms with E-state index in [1.807, 2.05) is 32.1 Å². The van der Waals surface area contributed by atoms with E-state index >= 15 is 0 Å². The number of hydrazone groups is 1. The highest BCUT2D eigenvalue weighted by Crippen LogP contribution is 1.93. The second-order valence-corrected chi connectivity index (χ2v) is 2.51. The van der Waals surface area contributed by atoms with E-state index in [1.54, 1.807) is 0 Å². The van der Waals surface area contributed by atoms with Crippen molar-refractivity contribution < 1.29 is 0 Å². The molecule has 0 aromatic heterocycles. The topological polar surface area (TPSA) is 15.6 Å². The fraction of sp³-hybridized carbons (Fsp3) is 0.625. The van der Waals surface area contributed by atoms with E-state index < -0.39 is 0 Å². The quantitative estimate of drug-likeness (QED) is 0.331. The van der Waals surface area contributed by atoms with Crippen LogP contribution in [0.1, 0.15) is 19.8 Å². The molecule has 0 aliphatic rings. The Morgan fingerprint density at radius 1 is 1.60 bits per heavy atom. The van der Waals surface area contributed by atoms with Crippen LogP contribution in [0, 0.1) is 0 Å². The molecule has 0 amide bonds. The summed E-state index contributed by atoms with van der Waals surface area (Å²) in [5.74, 6) is 0. The Bertz CT molecular complexity index is 125. The molecule has 58 valence electrons. The van der Waals surface area contributed by atoms with Crippen LogP contribution in [0.3, 0.4) is 0 Å². The largest absolute Gasteiger partial charge is 0.303 e. The second kappa shape index (κ2) is 5.03. The van der Waals surface area contributed by atoms with Gasteiger partial charge in [0.1, 0.15) is 0 Å².